The molecule has 0 unspecified atom stereocenters. The number of piperazine rings is 1. The number of hydrogen-bond acceptors (Lipinski definition) is 4. The number of nitrogens with zero attached hydrogens (tertiary/aromatic N) is 2. The molecule has 2 aromatic rings. The van der Waals surface area contributed by atoms with E-state index in [2.05, 4.69) is 4.90 Å². The van der Waals surface area contributed by atoms with E-state index in [-0.39, 0.29) is 37.0 Å². The van der Waals surface area contributed by atoms with Gasteiger partial charge in [-0.25, -0.2) is 4.39 Å². The van der Waals surface area contributed by atoms with Gasteiger partial charge in [-0.3, -0.25) is 9.69 Å². The van der Waals surface area contributed by atoms with Crippen LogP contribution < -0.4 is 4.74 Å². The minimum absolute atomic E-state index is 0.00621. The summed E-state index contributed by atoms with van der Waals surface area (Å²) in [6.45, 7) is 3.85. The van der Waals surface area contributed by atoms with Crippen molar-refractivity contribution in [3.8, 4) is 5.75 Å². The molecule has 1 fully saturated rings. The standard InChI is InChI=1S/C22H26ClFN2O3/c1-16-12-25(13-17-2-6-19(24)7-3-17)20(10-11-27)14-26(16)22(28)15-29-21-8-4-18(23)5-9-21/h2-9,16,20,27H,10-15H2,1H3/t16-,20-/m1/s1. The normalized spacial score (nSPS) is 19.9. The maximum absolute atomic E-state index is 13.2. The van der Waals surface area contributed by atoms with Crippen LogP contribution in [-0.2, 0) is 11.3 Å². The second kappa shape index (κ2) is 10.1. The number of carbonyl (C=O) groups excluding carboxylic acids is 1. The highest BCUT2D eigenvalue weighted by Gasteiger charge is 2.33. The fraction of sp³-hybridized carbons (Fsp3) is 0.409. The van der Waals surface area contributed by atoms with Crippen LogP contribution >= 0.6 is 11.6 Å². The number of ether oxygens (including phenoxy) is 1. The monoisotopic (exact) mass is 420 g/mol. The van der Waals surface area contributed by atoms with Gasteiger partial charge in [-0.05, 0) is 55.3 Å². The van der Waals surface area contributed by atoms with E-state index in [9.17, 15) is 14.3 Å². The highest BCUT2D eigenvalue weighted by molar-refractivity contribution is 6.30. The zero-order chi connectivity index (χ0) is 20.8. The number of aliphatic hydroxyl groups excluding tert-OH is 1. The molecule has 0 radical (unpaired) electrons. The third-order valence-electron chi connectivity index (χ3n) is 5.21. The molecule has 0 aliphatic carbocycles. The van der Waals surface area contributed by atoms with Crippen molar-refractivity contribution in [3.05, 3.63) is 64.9 Å². The van der Waals surface area contributed by atoms with E-state index in [1.54, 1.807) is 36.4 Å². The number of amides is 1. The third kappa shape index (κ3) is 5.92. The van der Waals surface area contributed by atoms with Crippen molar-refractivity contribution in [2.24, 2.45) is 0 Å². The van der Waals surface area contributed by atoms with Crippen molar-refractivity contribution >= 4 is 17.5 Å². The van der Waals surface area contributed by atoms with Crippen LogP contribution in [0.25, 0.3) is 0 Å². The Kier molecular flexibility index (Phi) is 7.47. The molecule has 0 bridgehead atoms. The Bertz CT molecular complexity index is 801. The van der Waals surface area contributed by atoms with Crippen LogP contribution in [0.2, 0.25) is 5.02 Å². The first-order valence-electron chi connectivity index (χ1n) is 9.73. The number of rotatable bonds is 7. The molecule has 5 nitrogen and oxygen atoms in total. The number of benzene rings is 2. The molecule has 3 rings (SSSR count). The van der Waals surface area contributed by atoms with Crippen LogP contribution in [0.5, 0.6) is 5.75 Å². The van der Waals surface area contributed by atoms with Crippen molar-refractivity contribution in [1.82, 2.24) is 9.80 Å². The highest BCUT2D eigenvalue weighted by Crippen LogP contribution is 2.21. The third-order valence-corrected chi connectivity index (χ3v) is 5.46. The minimum Gasteiger partial charge on any atom is -0.484 e. The lowest BCUT2D eigenvalue weighted by molar-refractivity contribution is -0.140. The van der Waals surface area contributed by atoms with Gasteiger partial charge in [0.2, 0.25) is 0 Å². The van der Waals surface area contributed by atoms with Gasteiger partial charge in [0.05, 0.1) is 0 Å². The van der Waals surface area contributed by atoms with Gasteiger partial charge in [0.25, 0.3) is 5.91 Å². The minimum atomic E-state index is -0.259. The zero-order valence-corrected chi connectivity index (χ0v) is 17.2. The van der Waals surface area contributed by atoms with Crippen LogP contribution in [0.15, 0.2) is 48.5 Å². The molecule has 0 spiro atoms. The molecule has 1 heterocycles. The second-order valence-corrected chi connectivity index (χ2v) is 7.80. The lowest BCUT2D eigenvalue weighted by Gasteiger charge is -2.45. The summed E-state index contributed by atoms with van der Waals surface area (Å²) in [5.74, 6) is 0.249. The van der Waals surface area contributed by atoms with Crippen LogP contribution in [-0.4, -0.2) is 59.2 Å². The van der Waals surface area contributed by atoms with Crippen LogP contribution in [0.3, 0.4) is 0 Å². The van der Waals surface area contributed by atoms with E-state index in [0.29, 0.717) is 36.8 Å². The predicted octanol–water partition coefficient (Wildman–Crippen LogP) is 3.34. The SMILES string of the molecule is C[C@@H]1CN(Cc2ccc(F)cc2)[C@H](CCO)CN1C(=O)COc1ccc(Cl)cc1. The number of aliphatic hydroxyl groups is 1. The Hall–Kier alpha value is -2.15. The molecule has 1 aliphatic rings. The van der Waals surface area contributed by atoms with E-state index in [4.69, 9.17) is 16.3 Å². The first-order chi connectivity index (χ1) is 14.0. The smallest absolute Gasteiger partial charge is 0.260 e. The molecular formula is C22H26ClFN2O3. The van der Waals surface area contributed by atoms with Crippen molar-refractivity contribution in [2.75, 3.05) is 26.3 Å². The molecule has 1 saturated heterocycles. The average Bonchev–Trinajstić information content (AvgIpc) is 2.71. The van der Waals surface area contributed by atoms with Gasteiger partial charge in [0, 0.05) is 43.3 Å². The van der Waals surface area contributed by atoms with E-state index in [0.717, 1.165) is 5.56 Å². The van der Waals surface area contributed by atoms with Gasteiger partial charge in [-0.1, -0.05) is 23.7 Å². The van der Waals surface area contributed by atoms with Gasteiger partial charge >= 0.3 is 0 Å². The lowest BCUT2D eigenvalue weighted by atomic mass is 10.0. The van der Waals surface area contributed by atoms with E-state index in [1.165, 1.54) is 12.1 Å². The maximum Gasteiger partial charge on any atom is 0.260 e. The number of hydrogen-bond donors (Lipinski definition) is 1. The molecule has 0 saturated carbocycles. The van der Waals surface area contributed by atoms with Gasteiger partial charge in [0.1, 0.15) is 11.6 Å². The Balaban J connectivity index is 1.61. The van der Waals surface area contributed by atoms with Crippen molar-refractivity contribution in [2.45, 2.75) is 32.0 Å². The molecule has 156 valence electrons. The molecule has 7 heteroatoms. The molecule has 2 aromatic carbocycles. The molecular weight excluding hydrogens is 395 g/mol. The summed E-state index contributed by atoms with van der Waals surface area (Å²) < 4.78 is 18.8. The van der Waals surface area contributed by atoms with Gasteiger partial charge in [-0.2, -0.15) is 0 Å². The van der Waals surface area contributed by atoms with Crippen molar-refractivity contribution in [3.63, 3.8) is 0 Å². The van der Waals surface area contributed by atoms with E-state index < -0.39 is 0 Å². The Morgan fingerprint density at radius 1 is 1.17 bits per heavy atom. The summed E-state index contributed by atoms with van der Waals surface area (Å²) in [5.41, 5.74) is 1.01. The molecule has 1 N–H and O–H groups in total. The zero-order valence-electron chi connectivity index (χ0n) is 16.4. The van der Waals surface area contributed by atoms with E-state index >= 15 is 0 Å². The first kappa shape index (κ1) is 21.6. The molecule has 2 atom stereocenters. The number of carbonyl (C=O) groups is 1. The van der Waals surface area contributed by atoms with E-state index in [1.807, 2.05) is 11.8 Å². The summed E-state index contributed by atoms with van der Waals surface area (Å²) in [7, 11) is 0. The fourth-order valence-corrected chi connectivity index (χ4v) is 3.78. The summed E-state index contributed by atoms with van der Waals surface area (Å²) >= 11 is 5.87. The highest BCUT2D eigenvalue weighted by atomic mass is 35.5. The Morgan fingerprint density at radius 3 is 2.52 bits per heavy atom. The quantitative estimate of drug-likeness (QED) is 0.746. The fourth-order valence-electron chi connectivity index (χ4n) is 3.66. The summed E-state index contributed by atoms with van der Waals surface area (Å²) in [4.78, 5) is 16.8. The van der Waals surface area contributed by atoms with Crippen molar-refractivity contribution < 1.29 is 19.0 Å². The van der Waals surface area contributed by atoms with Crippen LogP contribution in [0, 0.1) is 5.82 Å². The Morgan fingerprint density at radius 2 is 1.86 bits per heavy atom. The van der Waals surface area contributed by atoms with Gasteiger partial charge < -0.3 is 14.7 Å². The van der Waals surface area contributed by atoms with Gasteiger partial charge in [0.15, 0.2) is 6.61 Å². The summed E-state index contributed by atoms with van der Waals surface area (Å²) in [6.07, 6.45) is 0.565. The van der Waals surface area contributed by atoms with Gasteiger partial charge in [-0.15, -0.1) is 0 Å². The largest absolute Gasteiger partial charge is 0.484 e. The topological polar surface area (TPSA) is 53.0 Å². The molecule has 29 heavy (non-hydrogen) atoms. The first-order valence-corrected chi connectivity index (χ1v) is 10.1. The van der Waals surface area contributed by atoms with Crippen LogP contribution in [0.4, 0.5) is 4.39 Å². The average molecular weight is 421 g/mol. The van der Waals surface area contributed by atoms with Crippen molar-refractivity contribution in [1.29, 1.82) is 0 Å². The van der Waals surface area contributed by atoms with Crippen LogP contribution in [0.1, 0.15) is 18.9 Å². The second-order valence-electron chi connectivity index (χ2n) is 7.36. The molecule has 0 aromatic heterocycles. The summed E-state index contributed by atoms with van der Waals surface area (Å²) in [6, 6.07) is 13.4. The molecule has 1 aliphatic heterocycles. The maximum atomic E-state index is 13.2. The number of halogens is 2. The predicted molar refractivity (Wildman–Crippen MR) is 110 cm³/mol. The summed E-state index contributed by atoms with van der Waals surface area (Å²) in [5, 5.41) is 10.1. The molecule has 1 amide bonds. The Labute approximate surface area is 175 Å². The lowest BCUT2D eigenvalue weighted by Crippen LogP contribution is -2.59.